The van der Waals surface area contributed by atoms with E-state index >= 15 is 0 Å². The molecule has 1 aromatic carbocycles. The highest BCUT2D eigenvalue weighted by Gasteiger charge is 2.11. The largest absolute Gasteiger partial charge is 0.545 e. The first kappa shape index (κ1) is 14.1. The summed E-state index contributed by atoms with van der Waals surface area (Å²) in [6, 6.07) is 9.75. The summed E-state index contributed by atoms with van der Waals surface area (Å²) in [5.41, 5.74) is 5.21. The monoisotopic (exact) mass is 291 g/mol. The van der Waals surface area contributed by atoms with Crippen LogP contribution in [0.15, 0.2) is 48.8 Å². The van der Waals surface area contributed by atoms with E-state index in [1.54, 1.807) is 12.3 Å². The maximum absolute atomic E-state index is 10.7. The maximum atomic E-state index is 10.7. The molecule has 0 atom stereocenters. The van der Waals surface area contributed by atoms with Gasteiger partial charge in [0.1, 0.15) is 0 Å². The average Bonchev–Trinajstić information content (AvgIpc) is 2.83. The van der Waals surface area contributed by atoms with Gasteiger partial charge in [0.25, 0.3) is 0 Å². The van der Waals surface area contributed by atoms with Gasteiger partial charge in [0.2, 0.25) is 0 Å². The number of nitrogens with one attached hydrogen (secondary N) is 1. The van der Waals surface area contributed by atoms with Gasteiger partial charge in [0, 0.05) is 35.4 Å². The molecule has 0 saturated carbocycles. The van der Waals surface area contributed by atoms with Crippen LogP contribution in [0.1, 0.15) is 22.4 Å². The fraction of sp³-hybridized carbons (Fsp3) is 0.111. The molecule has 3 aromatic rings. The van der Waals surface area contributed by atoms with Crippen LogP contribution in [0.25, 0.3) is 17.0 Å². The van der Waals surface area contributed by atoms with E-state index < -0.39 is 5.97 Å². The van der Waals surface area contributed by atoms with E-state index in [9.17, 15) is 9.90 Å². The summed E-state index contributed by atoms with van der Waals surface area (Å²) in [5, 5.41) is 11.7. The van der Waals surface area contributed by atoms with E-state index in [1.807, 2.05) is 43.5 Å². The zero-order valence-electron chi connectivity index (χ0n) is 12.2. The number of carboxylic acid groups (broad SMARTS) is 1. The van der Waals surface area contributed by atoms with Crippen LogP contribution in [-0.2, 0) is 11.2 Å². The lowest BCUT2D eigenvalue weighted by atomic mass is 9.99. The lowest BCUT2D eigenvalue weighted by Gasteiger charge is -2.05. The number of carbonyl (C=O) groups is 1. The van der Waals surface area contributed by atoms with Gasteiger partial charge in [-0.05, 0) is 41.8 Å². The molecule has 22 heavy (non-hydrogen) atoms. The molecule has 0 aliphatic carbocycles. The smallest absolute Gasteiger partial charge is 0.0643 e. The van der Waals surface area contributed by atoms with Crippen molar-refractivity contribution in [2.75, 3.05) is 0 Å². The molecular weight excluding hydrogens is 276 g/mol. The van der Waals surface area contributed by atoms with Crippen molar-refractivity contribution in [1.82, 2.24) is 9.97 Å². The third kappa shape index (κ3) is 2.76. The van der Waals surface area contributed by atoms with E-state index in [0.717, 1.165) is 45.8 Å². The number of aryl methyl sites for hydroxylation is 1. The molecular formula is C18H15N2O2-. The Labute approximate surface area is 128 Å². The maximum Gasteiger partial charge on any atom is 0.0643 e. The van der Waals surface area contributed by atoms with Gasteiger partial charge in [-0.3, -0.25) is 4.98 Å². The van der Waals surface area contributed by atoms with Crippen molar-refractivity contribution >= 4 is 22.9 Å². The molecule has 0 spiro atoms. The molecule has 1 N–H and O–H groups in total. The van der Waals surface area contributed by atoms with E-state index in [1.165, 1.54) is 0 Å². The number of nitrogens with zero attached hydrogens (tertiary/aromatic N) is 1. The number of aliphatic carboxylic acids is 1. The van der Waals surface area contributed by atoms with Crippen LogP contribution in [0.5, 0.6) is 0 Å². The molecule has 4 heteroatoms. The van der Waals surface area contributed by atoms with Gasteiger partial charge >= 0.3 is 0 Å². The van der Waals surface area contributed by atoms with Crippen LogP contribution in [0, 0.1) is 6.92 Å². The third-order valence-corrected chi connectivity index (χ3v) is 3.68. The van der Waals surface area contributed by atoms with Gasteiger partial charge < -0.3 is 14.9 Å². The topological polar surface area (TPSA) is 68.8 Å². The number of hydrogen-bond acceptors (Lipinski definition) is 3. The Bertz CT molecular complexity index is 848. The van der Waals surface area contributed by atoms with Gasteiger partial charge in [-0.1, -0.05) is 24.3 Å². The first-order valence-electron chi connectivity index (χ1n) is 7.03. The molecule has 0 aliphatic heterocycles. The molecule has 4 nitrogen and oxygen atoms in total. The fourth-order valence-electron chi connectivity index (χ4n) is 2.70. The van der Waals surface area contributed by atoms with Crippen LogP contribution >= 0.6 is 0 Å². The van der Waals surface area contributed by atoms with Crippen molar-refractivity contribution < 1.29 is 9.90 Å². The van der Waals surface area contributed by atoms with E-state index in [4.69, 9.17) is 0 Å². The molecule has 3 rings (SSSR count). The lowest BCUT2D eigenvalue weighted by molar-refractivity contribution is -0.297. The highest BCUT2D eigenvalue weighted by molar-refractivity contribution is 5.95. The second-order valence-corrected chi connectivity index (χ2v) is 5.19. The van der Waals surface area contributed by atoms with Crippen molar-refractivity contribution in [3.05, 3.63) is 71.2 Å². The molecule has 110 valence electrons. The first-order valence-corrected chi connectivity index (χ1v) is 7.03. The Morgan fingerprint density at radius 1 is 1.32 bits per heavy atom. The number of carbonyl (C=O) groups excluding carboxylic acids is 1. The molecule has 0 unspecified atom stereocenters. The molecule has 0 bridgehead atoms. The second kappa shape index (κ2) is 5.85. The van der Waals surface area contributed by atoms with Crippen molar-refractivity contribution in [3.8, 4) is 0 Å². The Balaban J connectivity index is 2.12. The van der Waals surface area contributed by atoms with E-state index in [2.05, 4.69) is 9.97 Å². The van der Waals surface area contributed by atoms with Crippen molar-refractivity contribution in [3.63, 3.8) is 0 Å². The summed E-state index contributed by atoms with van der Waals surface area (Å²) in [4.78, 5) is 18.2. The molecule has 0 aliphatic rings. The number of fused-ring (bicyclic) bond motifs is 1. The number of hydrogen-bond donors (Lipinski definition) is 1. The summed E-state index contributed by atoms with van der Waals surface area (Å²) in [5.74, 6) is -1.20. The Morgan fingerprint density at radius 2 is 2.18 bits per heavy atom. The minimum absolute atomic E-state index is 0.746. The highest BCUT2D eigenvalue weighted by atomic mass is 16.4. The van der Waals surface area contributed by atoms with E-state index in [0.29, 0.717) is 0 Å². The number of H-pyrrole nitrogens is 1. The van der Waals surface area contributed by atoms with Gasteiger partial charge in [0.05, 0.1) is 5.97 Å². The van der Waals surface area contributed by atoms with Crippen molar-refractivity contribution in [1.29, 1.82) is 0 Å². The predicted molar refractivity (Wildman–Crippen MR) is 84.1 cm³/mol. The predicted octanol–water partition coefficient (Wildman–Crippen LogP) is 2.23. The Kier molecular flexibility index (Phi) is 3.74. The summed E-state index contributed by atoms with van der Waals surface area (Å²) in [6.45, 7) is 2.03. The summed E-state index contributed by atoms with van der Waals surface area (Å²) in [6.07, 6.45) is 6.98. The summed E-state index contributed by atoms with van der Waals surface area (Å²) >= 11 is 0. The number of aromatic amines is 1. The molecule has 0 saturated heterocycles. The number of pyridine rings is 1. The van der Waals surface area contributed by atoms with Crippen molar-refractivity contribution in [2.24, 2.45) is 0 Å². The first-order chi connectivity index (χ1) is 10.6. The number of rotatable bonds is 4. The van der Waals surface area contributed by atoms with Crippen LogP contribution in [0.3, 0.4) is 0 Å². The number of benzene rings is 1. The quantitative estimate of drug-likeness (QED) is 0.749. The van der Waals surface area contributed by atoms with Gasteiger partial charge in [-0.25, -0.2) is 0 Å². The molecule has 2 heterocycles. The second-order valence-electron chi connectivity index (χ2n) is 5.19. The van der Waals surface area contributed by atoms with Crippen LogP contribution in [0.4, 0.5) is 0 Å². The zero-order chi connectivity index (χ0) is 15.5. The Hall–Kier alpha value is -2.88. The van der Waals surface area contributed by atoms with Crippen LogP contribution in [-0.4, -0.2) is 15.9 Å². The van der Waals surface area contributed by atoms with Crippen LogP contribution in [0.2, 0.25) is 0 Å². The van der Waals surface area contributed by atoms with Gasteiger partial charge in [-0.2, -0.15) is 0 Å². The lowest BCUT2D eigenvalue weighted by Crippen LogP contribution is -2.18. The normalized spacial score (nSPS) is 11.3. The fourth-order valence-corrected chi connectivity index (χ4v) is 2.70. The van der Waals surface area contributed by atoms with E-state index in [-0.39, 0.29) is 0 Å². The van der Waals surface area contributed by atoms with Gasteiger partial charge in [0.15, 0.2) is 0 Å². The zero-order valence-corrected chi connectivity index (χ0v) is 12.2. The SMILES string of the molecule is Cc1[nH]c2cccc(/C=C/C(=O)[O-])c2c1Cc1cccnc1. The number of aromatic nitrogens is 2. The summed E-state index contributed by atoms with van der Waals surface area (Å²) < 4.78 is 0. The minimum atomic E-state index is -1.20. The third-order valence-electron chi connectivity index (χ3n) is 3.68. The number of carboxylic acids is 1. The highest BCUT2D eigenvalue weighted by Crippen LogP contribution is 2.28. The Morgan fingerprint density at radius 3 is 2.91 bits per heavy atom. The molecule has 0 fully saturated rings. The van der Waals surface area contributed by atoms with Crippen molar-refractivity contribution in [2.45, 2.75) is 13.3 Å². The van der Waals surface area contributed by atoms with Gasteiger partial charge in [-0.15, -0.1) is 0 Å². The molecule has 0 radical (unpaired) electrons. The summed E-state index contributed by atoms with van der Waals surface area (Å²) in [7, 11) is 0. The minimum Gasteiger partial charge on any atom is -0.545 e. The van der Waals surface area contributed by atoms with Crippen LogP contribution < -0.4 is 5.11 Å². The standard InChI is InChI=1S/C18H16N2O2/c1-12-15(10-13-4-3-9-19-11-13)18-14(7-8-17(21)22)5-2-6-16(18)20-12/h2-9,11,20H,10H2,1H3,(H,21,22)/p-1/b8-7+. The molecule has 0 amide bonds. The molecule has 2 aromatic heterocycles. The average molecular weight is 291 g/mol.